The minimum atomic E-state index is -0.348. The maximum Gasteiger partial charge on any atom is 0.313 e. The number of aromatic hydroxyl groups is 1. The van der Waals surface area contributed by atoms with E-state index in [9.17, 15) is 9.90 Å². The van der Waals surface area contributed by atoms with Crippen LogP contribution in [0.2, 0.25) is 0 Å². The first-order chi connectivity index (χ1) is 13.2. The van der Waals surface area contributed by atoms with Crippen molar-refractivity contribution in [2.24, 2.45) is 5.92 Å². The second kappa shape index (κ2) is 10.5. The number of unbranched alkanes of at least 4 members (excludes halogenated alkanes) is 3. The van der Waals surface area contributed by atoms with Crippen molar-refractivity contribution in [3.8, 4) is 5.75 Å². The summed E-state index contributed by atoms with van der Waals surface area (Å²) in [5, 5.41) is 10.9. The van der Waals surface area contributed by atoms with Gasteiger partial charge in [-0.2, -0.15) is 0 Å². The van der Waals surface area contributed by atoms with Gasteiger partial charge in [-0.3, -0.25) is 4.79 Å². The van der Waals surface area contributed by atoms with Crippen LogP contribution in [0.15, 0.2) is 12.1 Å². The molecule has 1 unspecified atom stereocenters. The molecule has 166 valence electrons. The van der Waals surface area contributed by atoms with Gasteiger partial charge in [0, 0.05) is 0 Å². The van der Waals surface area contributed by atoms with Crippen LogP contribution in [0.1, 0.15) is 117 Å². The summed E-state index contributed by atoms with van der Waals surface area (Å²) in [6, 6.07) is 3.95. The molecule has 0 fully saturated rings. The smallest absolute Gasteiger partial charge is 0.313 e. The topological polar surface area (TPSA) is 46.5 Å². The van der Waals surface area contributed by atoms with Gasteiger partial charge in [0.05, 0.1) is 12.5 Å². The number of rotatable bonds is 9. The Labute approximate surface area is 179 Å². The van der Waals surface area contributed by atoms with E-state index in [0.717, 1.165) is 35.4 Å². The Bertz CT molecular complexity index is 625. The van der Waals surface area contributed by atoms with Crippen LogP contribution in [0.4, 0.5) is 0 Å². The Morgan fingerprint density at radius 3 is 1.83 bits per heavy atom. The predicted octanol–water partition coefficient (Wildman–Crippen LogP) is 7.24. The highest BCUT2D eigenvalue weighted by Gasteiger charge is 2.29. The molecule has 1 rings (SSSR count). The average molecular weight is 405 g/mol. The van der Waals surface area contributed by atoms with Gasteiger partial charge in [-0.1, -0.05) is 93.2 Å². The van der Waals surface area contributed by atoms with Crippen molar-refractivity contribution in [2.45, 2.75) is 111 Å². The van der Waals surface area contributed by atoms with Crippen LogP contribution < -0.4 is 0 Å². The molecular weight excluding hydrogens is 360 g/mol. The van der Waals surface area contributed by atoms with Crippen LogP contribution >= 0.6 is 0 Å². The molecule has 0 saturated heterocycles. The molecule has 0 aliphatic carbocycles. The van der Waals surface area contributed by atoms with Crippen molar-refractivity contribution in [2.75, 3.05) is 6.61 Å². The van der Waals surface area contributed by atoms with Gasteiger partial charge in [0.2, 0.25) is 0 Å². The van der Waals surface area contributed by atoms with Crippen molar-refractivity contribution < 1.29 is 14.6 Å². The molecule has 0 aromatic heterocycles. The van der Waals surface area contributed by atoms with Gasteiger partial charge >= 0.3 is 5.97 Å². The fourth-order valence-electron chi connectivity index (χ4n) is 3.49. The van der Waals surface area contributed by atoms with E-state index in [0.29, 0.717) is 12.4 Å². The van der Waals surface area contributed by atoms with Gasteiger partial charge in [0.15, 0.2) is 0 Å². The average Bonchev–Trinajstić information content (AvgIpc) is 2.57. The van der Waals surface area contributed by atoms with Gasteiger partial charge in [0.1, 0.15) is 5.75 Å². The van der Waals surface area contributed by atoms with E-state index in [4.69, 9.17) is 4.74 Å². The van der Waals surface area contributed by atoms with Crippen LogP contribution in [0.25, 0.3) is 0 Å². The summed E-state index contributed by atoms with van der Waals surface area (Å²) in [6.07, 6.45) is 5.75. The van der Waals surface area contributed by atoms with E-state index >= 15 is 0 Å². The maximum atomic E-state index is 12.6. The van der Waals surface area contributed by atoms with E-state index < -0.39 is 0 Å². The van der Waals surface area contributed by atoms with Crippen molar-refractivity contribution in [3.63, 3.8) is 0 Å². The quantitative estimate of drug-likeness (QED) is 0.348. The molecule has 1 atom stereocenters. The molecule has 1 aromatic carbocycles. The van der Waals surface area contributed by atoms with E-state index in [1.165, 1.54) is 19.3 Å². The molecule has 1 aromatic rings. The molecule has 1 N–H and O–H groups in total. The Morgan fingerprint density at radius 2 is 1.38 bits per heavy atom. The first kappa shape index (κ1) is 25.5. The third-order valence-electron chi connectivity index (χ3n) is 5.52. The van der Waals surface area contributed by atoms with Gasteiger partial charge < -0.3 is 9.84 Å². The number of carbonyl (C=O) groups excluding carboxylic acids is 1. The number of hydrogen-bond acceptors (Lipinski definition) is 3. The van der Waals surface area contributed by atoms with Gasteiger partial charge in [-0.05, 0) is 46.8 Å². The van der Waals surface area contributed by atoms with Crippen LogP contribution in [-0.4, -0.2) is 17.7 Å². The molecule has 29 heavy (non-hydrogen) atoms. The second-order valence-corrected chi connectivity index (χ2v) is 11.0. The summed E-state index contributed by atoms with van der Waals surface area (Å²) in [6.45, 7) is 19.4. The number of phenolic OH excluding ortho intramolecular Hbond substituents is 1. The van der Waals surface area contributed by atoms with E-state index in [-0.39, 0.29) is 22.7 Å². The zero-order valence-electron chi connectivity index (χ0n) is 20.3. The molecule has 0 heterocycles. The fraction of sp³-hybridized carbons (Fsp3) is 0.731. The number of esters is 1. The third-order valence-corrected chi connectivity index (χ3v) is 5.52. The highest BCUT2D eigenvalue weighted by molar-refractivity contribution is 5.78. The van der Waals surface area contributed by atoms with E-state index in [2.05, 4.69) is 55.4 Å². The number of hydrogen-bond donors (Lipinski definition) is 1. The van der Waals surface area contributed by atoms with Gasteiger partial charge in [0.25, 0.3) is 0 Å². The summed E-state index contributed by atoms with van der Waals surface area (Å²) in [5.41, 5.74) is 2.26. The predicted molar refractivity (Wildman–Crippen MR) is 123 cm³/mol. The molecule has 0 bridgehead atoms. The minimum Gasteiger partial charge on any atom is -0.507 e. The molecule has 3 heteroatoms. The van der Waals surface area contributed by atoms with Crippen LogP contribution in [0, 0.1) is 5.92 Å². The summed E-state index contributed by atoms with van der Waals surface area (Å²) in [4.78, 5) is 12.6. The largest absolute Gasteiger partial charge is 0.507 e. The van der Waals surface area contributed by atoms with E-state index in [1.807, 2.05) is 19.1 Å². The van der Waals surface area contributed by atoms with E-state index in [1.54, 1.807) is 0 Å². The van der Waals surface area contributed by atoms with Crippen LogP contribution in [-0.2, 0) is 20.4 Å². The number of phenols is 1. The zero-order valence-corrected chi connectivity index (χ0v) is 20.3. The normalized spacial score (nSPS) is 13.6. The standard InChI is InChI=1S/C26H44O3/c1-18(2)14-12-10-11-13-15-29-24(28)19(3)20-16-21(25(4,5)6)23(27)22(17-20)26(7,8)9/h16-19,27H,10-15H2,1-9H3. The Balaban J connectivity index is 2.82. The van der Waals surface area contributed by atoms with Crippen molar-refractivity contribution >= 4 is 5.97 Å². The molecule has 0 aliphatic heterocycles. The molecule has 0 amide bonds. The highest BCUT2D eigenvalue weighted by Crippen LogP contribution is 2.41. The lowest BCUT2D eigenvalue weighted by Crippen LogP contribution is -2.20. The Kier molecular flexibility index (Phi) is 9.24. The summed E-state index contributed by atoms with van der Waals surface area (Å²) < 4.78 is 5.57. The Morgan fingerprint density at radius 1 is 0.897 bits per heavy atom. The lowest BCUT2D eigenvalue weighted by Gasteiger charge is -2.29. The van der Waals surface area contributed by atoms with Crippen LogP contribution in [0.5, 0.6) is 5.75 Å². The molecule has 0 spiro atoms. The monoisotopic (exact) mass is 404 g/mol. The third kappa shape index (κ3) is 8.03. The first-order valence-corrected chi connectivity index (χ1v) is 11.3. The van der Waals surface area contributed by atoms with Crippen molar-refractivity contribution in [1.29, 1.82) is 0 Å². The molecule has 3 nitrogen and oxygen atoms in total. The summed E-state index contributed by atoms with van der Waals surface area (Å²) >= 11 is 0. The van der Waals surface area contributed by atoms with Gasteiger partial charge in [-0.25, -0.2) is 0 Å². The second-order valence-electron chi connectivity index (χ2n) is 11.0. The first-order valence-electron chi connectivity index (χ1n) is 11.3. The number of benzene rings is 1. The summed E-state index contributed by atoms with van der Waals surface area (Å²) in [5.74, 6) is 0.571. The minimum absolute atomic E-state index is 0.183. The number of ether oxygens (including phenoxy) is 1. The summed E-state index contributed by atoms with van der Waals surface area (Å²) in [7, 11) is 0. The molecule has 0 aliphatic rings. The highest BCUT2D eigenvalue weighted by atomic mass is 16.5. The van der Waals surface area contributed by atoms with Crippen LogP contribution in [0.3, 0.4) is 0 Å². The lowest BCUT2D eigenvalue weighted by atomic mass is 9.77. The molecule has 0 saturated carbocycles. The lowest BCUT2D eigenvalue weighted by molar-refractivity contribution is -0.145. The molecule has 0 radical (unpaired) electrons. The number of carbonyl (C=O) groups is 1. The van der Waals surface area contributed by atoms with Crippen molar-refractivity contribution in [1.82, 2.24) is 0 Å². The van der Waals surface area contributed by atoms with Gasteiger partial charge in [-0.15, -0.1) is 0 Å². The molecular formula is C26H44O3. The fourth-order valence-corrected chi connectivity index (χ4v) is 3.49. The maximum absolute atomic E-state index is 12.6. The van der Waals surface area contributed by atoms with Crippen molar-refractivity contribution in [3.05, 3.63) is 28.8 Å². The zero-order chi connectivity index (χ0) is 22.4. The Hall–Kier alpha value is -1.51. The SMILES string of the molecule is CC(C)CCCCCCOC(=O)C(C)c1cc(C(C)(C)C)c(O)c(C(C)(C)C)c1.